The predicted octanol–water partition coefficient (Wildman–Crippen LogP) is 16.8. The van der Waals surface area contributed by atoms with E-state index in [-0.39, 0.29) is 0 Å². The van der Waals surface area contributed by atoms with Crippen LogP contribution in [0.3, 0.4) is 0 Å². The molecule has 4 heteroatoms. The summed E-state index contributed by atoms with van der Waals surface area (Å²) >= 11 is 3.86. The fourth-order valence-electron chi connectivity index (χ4n) is 8.74. The molecule has 12 rings (SSSR count). The Kier molecular flexibility index (Phi) is 8.80. The molecule has 12 aromatic rings. The Morgan fingerprint density at radius 1 is 0.322 bits per heavy atom. The molecule has 0 N–H and O–H groups in total. The van der Waals surface area contributed by atoms with E-state index in [0.29, 0.717) is 0 Å². The van der Waals surface area contributed by atoms with E-state index in [2.05, 4.69) is 223 Å². The Labute approximate surface area is 351 Å². The second-order valence-electron chi connectivity index (χ2n) is 14.9. The van der Waals surface area contributed by atoms with Gasteiger partial charge in [0, 0.05) is 71.5 Å². The highest BCUT2D eigenvalue weighted by Crippen LogP contribution is 2.50. The summed E-state index contributed by atoms with van der Waals surface area (Å²) in [7, 11) is 2.11. The molecule has 280 valence electrons. The van der Waals surface area contributed by atoms with Crippen LogP contribution in [0.2, 0.25) is 0 Å². The van der Waals surface area contributed by atoms with Crippen molar-refractivity contribution in [1.82, 2.24) is 0 Å². The van der Waals surface area contributed by atoms with E-state index in [1.165, 1.54) is 95.4 Å². The molecule has 0 atom stereocenters. The van der Waals surface area contributed by atoms with E-state index in [1.807, 2.05) is 28.7 Å². The van der Waals surface area contributed by atoms with Gasteiger partial charge in [0.15, 0.2) is 0 Å². The summed E-state index contributed by atoms with van der Waals surface area (Å²) < 4.78 is 5.46. The molecule has 0 unspecified atom stereocenters. The van der Waals surface area contributed by atoms with Crippen molar-refractivity contribution in [3.8, 4) is 0 Å². The number of hydrogen-bond donors (Lipinski definition) is 0. The molecular weight excluding hydrogens is 753 g/mol. The number of para-hydroxylation sites is 2. The van der Waals surface area contributed by atoms with Gasteiger partial charge in [-0.2, -0.15) is 0 Å². The zero-order chi connectivity index (χ0) is 39.3. The maximum absolute atomic E-state index is 2.40. The topological polar surface area (TPSA) is 6.48 Å². The Bertz CT molecular complexity index is 3470. The largest absolute Gasteiger partial charge is 0.344 e. The lowest BCUT2D eigenvalue weighted by molar-refractivity contribution is 1.22. The van der Waals surface area contributed by atoms with Crippen LogP contribution in [0, 0.1) is 0 Å². The Morgan fingerprint density at radius 2 is 0.780 bits per heavy atom. The highest BCUT2D eigenvalue weighted by atomic mass is 32.1. The van der Waals surface area contributed by atoms with Crippen molar-refractivity contribution < 1.29 is 0 Å². The van der Waals surface area contributed by atoms with Crippen molar-refractivity contribution in [1.29, 1.82) is 0 Å². The van der Waals surface area contributed by atoms with Gasteiger partial charge in [-0.05, 0) is 76.1 Å². The first-order valence-electron chi connectivity index (χ1n) is 20.0. The monoisotopic (exact) mass is 790 g/mol. The number of fused-ring (bicyclic) bond motifs is 12. The zero-order valence-corrected chi connectivity index (χ0v) is 34.1. The number of rotatable bonds is 5. The van der Waals surface area contributed by atoms with Gasteiger partial charge in [-0.25, -0.2) is 0 Å². The van der Waals surface area contributed by atoms with Crippen molar-refractivity contribution in [3.63, 3.8) is 0 Å². The molecule has 0 aliphatic heterocycles. The fraction of sp³-hybridized carbons (Fsp3) is 0.0182. The van der Waals surface area contributed by atoms with Crippen LogP contribution in [0.15, 0.2) is 212 Å². The molecule has 0 aliphatic rings. The molecule has 2 nitrogen and oxygen atoms in total. The molecule has 2 heterocycles. The molecule has 0 aliphatic carbocycles. The van der Waals surface area contributed by atoms with Gasteiger partial charge in [-0.3, -0.25) is 0 Å². The Balaban J connectivity index is 0.000000185. The van der Waals surface area contributed by atoms with Gasteiger partial charge in [0.25, 0.3) is 0 Å². The van der Waals surface area contributed by atoms with Gasteiger partial charge in [-0.1, -0.05) is 158 Å². The van der Waals surface area contributed by atoms with Crippen molar-refractivity contribution in [3.05, 3.63) is 212 Å². The van der Waals surface area contributed by atoms with Gasteiger partial charge >= 0.3 is 0 Å². The molecule has 0 bridgehead atoms. The van der Waals surface area contributed by atoms with Gasteiger partial charge in [0.1, 0.15) is 0 Å². The van der Waals surface area contributed by atoms with E-state index in [0.717, 1.165) is 5.69 Å². The average Bonchev–Trinajstić information content (AvgIpc) is 3.89. The predicted molar refractivity (Wildman–Crippen MR) is 260 cm³/mol. The highest BCUT2D eigenvalue weighted by molar-refractivity contribution is 7.33. The van der Waals surface area contributed by atoms with Crippen LogP contribution < -0.4 is 9.80 Å². The van der Waals surface area contributed by atoms with Crippen molar-refractivity contribution in [2.75, 3.05) is 16.8 Å². The number of benzene rings is 10. The maximum atomic E-state index is 2.40. The van der Waals surface area contributed by atoms with E-state index in [1.54, 1.807) is 0 Å². The second-order valence-corrected chi connectivity index (χ2v) is 17.0. The third-order valence-electron chi connectivity index (χ3n) is 11.5. The van der Waals surface area contributed by atoms with E-state index in [4.69, 9.17) is 0 Å². The normalized spacial score (nSPS) is 11.5. The molecule has 0 fully saturated rings. The fourth-order valence-corrected chi connectivity index (χ4v) is 11.4. The van der Waals surface area contributed by atoms with Crippen LogP contribution in [0.4, 0.5) is 28.4 Å². The van der Waals surface area contributed by atoms with Crippen LogP contribution in [0.5, 0.6) is 0 Å². The van der Waals surface area contributed by atoms with Gasteiger partial charge in [-0.15, -0.1) is 22.7 Å². The molecular formula is C55H38N2S2. The molecule has 0 amide bonds. The summed E-state index contributed by atoms with van der Waals surface area (Å²) in [5.41, 5.74) is 5.95. The molecule has 0 saturated carbocycles. The minimum absolute atomic E-state index is 1.15. The lowest BCUT2D eigenvalue weighted by Crippen LogP contribution is -2.10. The third kappa shape index (κ3) is 6.08. The summed E-state index contributed by atoms with van der Waals surface area (Å²) in [6.45, 7) is 0. The first-order chi connectivity index (χ1) is 29.2. The van der Waals surface area contributed by atoms with Gasteiger partial charge in [0.2, 0.25) is 0 Å². The van der Waals surface area contributed by atoms with Crippen LogP contribution in [0.25, 0.3) is 72.7 Å². The Morgan fingerprint density at radius 3 is 1.42 bits per heavy atom. The van der Waals surface area contributed by atoms with Crippen LogP contribution in [0.1, 0.15) is 0 Å². The highest BCUT2D eigenvalue weighted by Gasteiger charge is 2.20. The molecule has 0 saturated heterocycles. The third-order valence-corrected chi connectivity index (χ3v) is 14.0. The molecule has 0 radical (unpaired) electrons. The smallest absolute Gasteiger partial charge is 0.0540 e. The first-order valence-corrected chi connectivity index (χ1v) is 21.6. The quantitative estimate of drug-likeness (QED) is 0.171. The first kappa shape index (κ1) is 35.2. The van der Waals surface area contributed by atoms with E-state index >= 15 is 0 Å². The van der Waals surface area contributed by atoms with Gasteiger partial charge < -0.3 is 9.80 Å². The SMILES string of the molecule is CN(c1ccccc1)c1cccc2ccccc12.c1ccc(N(c2ccc3c(c2)sc2c4sc5ccccc5c4c4ccccc4c32)c2cccc3ccccc23)cc1. The number of anilines is 5. The van der Waals surface area contributed by atoms with Crippen LogP contribution in [-0.4, -0.2) is 7.05 Å². The van der Waals surface area contributed by atoms with Crippen LogP contribution >= 0.6 is 22.7 Å². The average molecular weight is 791 g/mol. The lowest BCUT2D eigenvalue weighted by atomic mass is 9.99. The summed E-state index contributed by atoms with van der Waals surface area (Å²) in [6, 6.07) is 76.2. The lowest BCUT2D eigenvalue weighted by Gasteiger charge is -2.27. The van der Waals surface area contributed by atoms with Crippen LogP contribution in [-0.2, 0) is 0 Å². The van der Waals surface area contributed by atoms with Crippen molar-refractivity contribution in [2.24, 2.45) is 0 Å². The number of nitrogens with zero attached hydrogens (tertiary/aromatic N) is 2. The number of hydrogen-bond acceptors (Lipinski definition) is 4. The summed E-state index contributed by atoms with van der Waals surface area (Å²) in [5, 5.41) is 13.2. The van der Waals surface area contributed by atoms with E-state index in [9.17, 15) is 0 Å². The number of thiophene rings is 2. The van der Waals surface area contributed by atoms with Gasteiger partial charge in [0.05, 0.1) is 15.1 Å². The molecule has 59 heavy (non-hydrogen) atoms. The van der Waals surface area contributed by atoms with Crippen molar-refractivity contribution >= 4 is 124 Å². The standard InChI is InChI=1S/C38H23NS2.C17H15N/c1-2-13-25(14-3-1)39(32-19-10-12-24-11-4-5-15-27(24)32)26-21-22-31-34(23-26)41-38-36(31)29-17-7-6-16-28(29)35-30-18-8-9-20-33(30)40-37(35)38;1-18(15-10-3-2-4-11-15)17-13-7-9-14-8-5-6-12-16(14)17/h1-23H;2-13H,1H3. The van der Waals surface area contributed by atoms with E-state index < -0.39 is 0 Å². The van der Waals surface area contributed by atoms with Crippen molar-refractivity contribution in [2.45, 2.75) is 0 Å². The molecule has 2 aromatic heterocycles. The summed E-state index contributed by atoms with van der Waals surface area (Å²) in [6.07, 6.45) is 0. The molecule has 10 aromatic carbocycles. The minimum atomic E-state index is 1.15. The maximum Gasteiger partial charge on any atom is 0.0540 e. The zero-order valence-electron chi connectivity index (χ0n) is 32.4. The second kappa shape index (κ2) is 14.8. The minimum Gasteiger partial charge on any atom is -0.344 e. The molecule has 0 spiro atoms. The Hall–Kier alpha value is -6.98. The summed E-state index contributed by atoms with van der Waals surface area (Å²) in [4.78, 5) is 4.63. The summed E-state index contributed by atoms with van der Waals surface area (Å²) in [5.74, 6) is 0.